The predicted molar refractivity (Wildman–Crippen MR) is 45.5 cm³/mol. The van der Waals surface area contributed by atoms with E-state index in [9.17, 15) is 4.79 Å². The lowest BCUT2D eigenvalue weighted by atomic mass is 10.4. The third-order valence-corrected chi connectivity index (χ3v) is 1.32. The molecule has 1 heterocycles. The topological polar surface area (TPSA) is 55.1 Å². The van der Waals surface area contributed by atoms with Crippen molar-refractivity contribution < 1.29 is 9.32 Å². The van der Waals surface area contributed by atoms with E-state index in [1.165, 1.54) is 6.08 Å². The second-order valence-electron chi connectivity index (χ2n) is 2.22. The summed E-state index contributed by atoms with van der Waals surface area (Å²) in [5.74, 6) is 0.886. The molecule has 4 heteroatoms. The third-order valence-electron chi connectivity index (χ3n) is 1.32. The van der Waals surface area contributed by atoms with Crippen LogP contribution in [0.15, 0.2) is 17.2 Å². The fraction of sp³-hybridized carbons (Fsp3) is 0.250. The molecule has 1 aromatic heterocycles. The number of carbonyl (C=O) groups is 1. The Labute approximate surface area is 70.2 Å². The van der Waals surface area contributed by atoms with Gasteiger partial charge in [-0.3, -0.25) is 4.79 Å². The maximum absolute atomic E-state index is 10.9. The van der Waals surface area contributed by atoms with Gasteiger partial charge in [-0.15, -0.1) is 0 Å². The van der Waals surface area contributed by atoms with Crippen LogP contribution in [0.4, 0.5) is 5.82 Å². The molecule has 1 N–H and O–H groups in total. The molecule has 0 aromatic carbocycles. The number of hydrogen-bond donors (Lipinski definition) is 1. The van der Waals surface area contributed by atoms with Crippen LogP contribution in [-0.4, -0.2) is 11.1 Å². The summed E-state index contributed by atoms with van der Waals surface area (Å²) in [6, 6.07) is 1.61. The van der Waals surface area contributed by atoms with Gasteiger partial charge < -0.3 is 9.84 Å². The number of hydrogen-bond acceptors (Lipinski definition) is 3. The minimum atomic E-state index is -0.0843. The normalized spacial score (nSPS) is 9.42. The van der Waals surface area contributed by atoms with E-state index < -0.39 is 0 Å². The smallest absolute Gasteiger partial charge is 0.225 e. The molecule has 0 aliphatic heterocycles. The first-order valence-corrected chi connectivity index (χ1v) is 3.65. The van der Waals surface area contributed by atoms with Gasteiger partial charge in [-0.1, -0.05) is 18.7 Å². The first-order valence-electron chi connectivity index (χ1n) is 3.65. The highest BCUT2D eigenvalue weighted by atomic mass is 16.5. The molecule has 0 aliphatic rings. The number of aromatic nitrogens is 1. The number of carbonyl (C=O) groups excluding carboxylic acids is 1. The molecule has 0 aliphatic carbocycles. The minimum absolute atomic E-state index is 0.0843. The zero-order valence-electron chi connectivity index (χ0n) is 6.83. The van der Waals surface area contributed by atoms with E-state index in [1.807, 2.05) is 0 Å². The second kappa shape index (κ2) is 3.71. The Morgan fingerprint density at radius 1 is 1.92 bits per heavy atom. The summed E-state index contributed by atoms with van der Waals surface area (Å²) in [5, 5.41) is 6.15. The monoisotopic (exact) mass is 166 g/mol. The van der Waals surface area contributed by atoms with Crippen LogP contribution in [-0.2, 0) is 4.79 Å². The highest BCUT2D eigenvalue weighted by Gasteiger charge is 2.03. The Bertz CT molecular complexity index is 291. The van der Waals surface area contributed by atoms with Gasteiger partial charge in [0.2, 0.25) is 5.91 Å². The van der Waals surface area contributed by atoms with E-state index in [1.54, 1.807) is 13.0 Å². The van der Waals surface area contributed by atoms with E-state index in [0.29, 0.717) is 18.0 Å². The Hall–Kier alpha value is -1.58. The van der Waals surface area contributed by atoms with Crippen molar-refractivity contribution in [2.24, 2.45) is 0 Å². The number of nitrogens with one attached hydrogen (secondary N) is 1. The molecule has 0 unspecified atom stereocenters. The molecule has 1 rings (SSSR count). The van der Waals surface area contributed by atoms with Crippen molar-refractivity contribution in [3.05, 3.63) is 18.4 Å². The SMILES string of the molecule is C=Cc1cc(NC(=O)CC)no1. The van der Waals surface area contributed by atoms with Crippen molar-refractivity contribution in [2.75, 3.05) is 5.32 Å². The van der Waals surface area contributed by atoms with Gasteiger partial charge in [0.1, 0.15) is 0 Å². The molecule has 1 aromatic rings. The van der Waals surface area contributed by atoms with Gasteiger partial charge in [0.25, 0.3) is 0 Å². The first-order chi connectivity index (χ1) is 5.76. The second-order valence-corrected chi connectivity index (χ2v) is 2.22. The van der Waals surface area contributed by atoms with Gasteiger partial charge in [0.05, 0.1) is 0 Å². The van der Waals surface area contributed by atoms with Crippen molar-refractivity contribution in [1.29, 1.82) is 0 Å². The fourth-order valence-electron chi connectivity index (χ4n) is 0.676. The van der Waals surface area contributed by atoms with Crippen LogP contribution in [0.1, 0.15) is 19.1 Å². The lowest BCUT2D eigenvalue weighted by molar-refractivity contribution is -0.115. The van der Waals surface area contributed by atoms with Crippen molar-refractivity contribution in [3.63, 3.8) is 0 Å². The summed E-state index contributed by atoms with van der Waals surface area (Å²) in [5.41, 5.74) is 0. The number of nitrogens with zero attached hydrogens (tertiary/aromatic N) is 1. The van der Waals surface area contributed by atoms with Crippen LogP contribution >= 0.6 is 0 Å². The standard InChI is InChI=1S/C8H10N2O2/c1-3-6-5-7(10-12-6)9-8(11)4-2/h3,5H,1,4H2,2H3,(H,9,10,11). The highest BCUT2D eigenvalue weighted by molar-refractivity contribution is 5.89. The Balaban J connectivity index is 2.63. The molecular formula is C8H10N2O2. The average Bonchev–Trinajstić information content (AvgIpc) is 2.52. The summed E-state index contributed by atoms with van der Waals surface area (Å²) < 4.78 is 4.78. The number of rotatable bonds is 3. The van der Waals surface area contributed by atoms with Gasteiger partial charge in [-0.2, -0.15) is 0 Å². The van der Waals surface area contributed by atoms with E-state index in [0.717, 1.165) is 0 Å². The van der Waals surface area contributed by atoms with Crippen molar-refractivity contribution >= 4 is 17.8 Å². The first kappa shape index (κ1) is 8.52. The molecule has 12 heavy (non-hydrogen) atoms. The van der Waals surface area contributed by atoms with Crippen LogP contribution in [0.5, 0.6) is 0 Å². The molecule has 0 bridgehead atoms. The Morgan fingerprint density at radius 2 is 2.67 bits per heavy atom. The molecule has 0 spiro atoms. The summed E-state index contributed by atoms with van der Waals surface area (Å²) in [4.78, 5) is 10.9. The van der Waals surface area contributed by atoms with Crippen molar-refractivity contribution in [1.82, 2.24) is 5.16 Å². The maximum Gasteiger partial charge on any atom is 0.225 e. The number of anilines is 1. The van der Waals surface area contributed by atoms with Gasteiger partial charge in [0.15, 0.2) is 11.6 Å². The van der Waals surface area contributed by atoms with Crippen LogP contribution in [0, 0.1) is 0 Å². The summed E-state index contributed by atoms with van der Waals surface area (Å²) >= 11 is 0. The van der Waals surface area contributed by atoms with E-state index in [-0.39, 0.29) is 5.91 Å². The lowest BCUT2D eigenvalue weighted by Gasteiger charge is -1.94. The van der Waals surface area contributed by atoms with Gasteiger partial charge in [0, 0.05) is 12.5 Å². The molecule has 0 atom stereocenters. The molecule has 0 saturated heterocycles. The zero-order chi connectivity index (χ0) is 8.97. The molecular weight excluding hydrogens is 156 g/mol. The van der Waals surface area contributed by atoms with Crippen molar-refractivity contribution in [3.8, 4) is 0 Å². The highest BCUT2D eigenvalue weighted by Crippen LogP contribution is 2.09. The van der Waals surface area contributed by atoms with E-state index in [2.05, 4.69) is 17.1 Å². The predicted octanol–water partition coefficient (Wildman–Crippen LogP) is 1.67. The van der Waals surface area contributed by atoms with Gasteiger partial charge >= 0.3 is 0 Å². The van der Waals surface area contributed by atoms with Crippen LogP contribution in [0.2, 0.25) is 0 Å². The lowest BCUT2D eigenvalue weighted by Crippen LogP contribution is -2.09. The quantitative estimate of drug-likeness (QED) is 0.743. The Kier molecular flexibility index (Phi) is 2.63. The molecule has 0 fully saturated rings. The fourth-order valence-corrected chi connectivity index (χ4v) is 0.676. The Morgan fingerprint density at radius 3 is 3.17 bits per heavy atom. The van der Waals surface area contributed by atoms with Crippen molar-refractivity contribution in [2.45, 2.75) is 13.3 Å². The molecule has 4 nitrogen and oxygen atoms in total. The third kappa shape index (κ3) is 1.95. The molecule has 64 valence electrons. The van der Waals surface area contributed by atoms with Crippen LogP contribution < -0.4 is 5.32 Å². The molecule has 0 saturated carbocycles. The summed E-state index contributed by atoms with van der Waals surface area (Å²) in [7, 11) is 0. The maximum atomic E-state index is 10.9. The molecule has 0 radical (unpaired) electrons. The summed E-state index contributed by atoms with van der Waals surface area (Å²) in [6.07, 6.45) is 1.95. The van der Waals surface area contributed by atoms with E-state index >= 15 is 0 Å². The van der Waals surface area contributed by atoms with Crippen LogP contribution in [0.3, 0.4) is 0 Å². The largest absolute Gasteiger partial charge is 0.355 e. The zero-order valence-corrected chi connectivity index (χ0v) is 6.83. The minimum Gasteiger partial charge on any atom is -0.355 e. The number of amides is 1. The van der Waals surface area contributed by atoms with Crippen LogP contribution in [0.25, 0.3) is 6.08 Å². The van der Waals surface area contributed by atoms with E-state index in [4.69, 9.17) is 4.52 Å². The average molecular weight is 166 g/mol. The summed E-state index contributed by atoms with van der Waals surface area (Å²) in [6.45, 7) is 5.26. The molecule has 1 amide bonds. The van der Waals surface area contributed by atoms with Gasteiger partial charge in [-0.25, -0.2) is 0 Å². The van der Waals surface area contributed by atoms with Gasteiger partial charge in [-0.05, 0) is 6.08 Å².